The fourth-order valence-electron chi connectivity index (χ4n) is 3.65. The van der Waals surface area contributed by atoms with Gasteiger partial charge in [0, 0.05) is 0 Å². The molecule has 0 heterocycles. The van der Waals surface area contributed by atoms with E-state index < -0.39 is 13.6 Å². The molecule has 4 aromatic carbocycles. The van der Waals surface area contributed by atoms with Gasteiger partial charge in [-0.2, -0.15) is 0 Å². The molecule has 4 aromatic rings. The van der Waals surface area contributed by atoms with E-state index in [2.05, 4.69) is 72.8 Å². The molecular formula is C25H21AsF+. The molecule has 0 aliphatic carbocycles. The van der Waals surface area contributed by atoms with E-state index in [9.17, 15) is 4.39 Å². The molecule has 0 amide bonds. The van der Waals surface area contributed by atoms with Crippen molar-refractivity contribution in [3.63, 3.8) is 0 Å². The third-order valence-electron chi connectivity index (χ3n) is 4.96. The van der Waals surface area contributed by atoms with E-state index in [0.717, 1.165) is 10.8 Å². The summed E-state index contributed by atoms with van der Waals surface area (Å²) >= 11 is -2.90. The van der Waals surface area contributed by atoms with Gasteiger partial charge in [0.1, 0.15) is 0 Å². The molecule has 0 fully saturated rings. The first kappa shape index (κ1) is 17.8. The van der Waals surface area contributed by atoms with Crippen LogP contribution in [0.4, 0.5) is 4.39 Å². The number of hydrogen-bond acceptors (Lipinski definition) is 0. The molecule has 0 saturated heterocycles. The van der Waals surface area contributed by atoms with Gasteiger partial charge in [0.25, 0.3) is 0 Å². The summed E-state index contributed by atoms with van der Waals surface area (Å²) in [5.74, 6) is -0.119. The summed E-state index contributed by atoms with van der Waals surface area (Å²) in [6, 6.07) is 39.2. The second-order valence-electron chi connectivity index (χ2n) is 6.57. The molecule has 0 atom stereocenters. The molecule has 0 nitrogen and oxygen atoms in total. The van der Waals surface area contributed by atoms with Crippen molar-refractivity contribution in [2.24, 2.45) is 0 Å². The van der Waals surface area contributed by atoms with E-state index >= 15 is 0 Å². The number of benzene rings is 4. The van der Waals surface area contributed by atoms with Crippen molar-refractivity contribution < 1.29 is 4.39 Å². The number of hydrogen-bond donors (Lipinski definition) is 0. The Morgan fingerprint density at radius 3 is 1.26 bits per heavy atom. The first-order valence-electron chi connectivity index (χ1n) is 9.09. The van der Waals surface area contributed by atoms with E-state index in [1.807, 2.05) is 30.3 Å². The van der Waals surface area contributed by atoms with E-state index in [4.69, 9.17) is 0 Å². The average Bonchev–Trinajstić information content (AvgIpc) is 2.75. The second-order valence-corrected chi connectivity index (χ2v) is 13.9. The molecule has 2 heteroatoms. The third-order valence-corrected chi connectivity index (χ3v) is 14.1. The molecule has 0 spiro atoms. The first-order valence-corrected chi connectivity index (χ1v) is 13.2. The Labute approximate surface area is 162 Å². The van der Waals surface area contributed by atoms with Crippen LogP contribution in [0.5, 0.6) is 0 Å². The van der Waals surface area contributed by atoms with Crippen LogP contribution in [0.1, 0.15) is 5.56 Å². The zero-order valence-corrected chi connectivity index (χ0v) is 16.9. The zero-order chi connectivity index (χ0) is 18.5. The summed E-state index contributed by atoms with van der Waals surface area (Å²) in [7, 11) is 0. The van der Waals surface area contributed by atoms with Gasteiger partial charge in [-0.15, -0.1) is 0 Å². The van der Waals surface area contributed by atoms with Crippen molar-refractivity contribution in [2.45, 2.75) is 5.21 Å². The molecule has 0 saturated carbocycles. The molecule has 0 aliphatic heterocycles. The SMILES string of the molecule is Fc1ccccc1C[As+](c1ccccc1)(c1ccccc1)c1ccccc1. The molecule has 27 heavy (non-hydrogen) atoms. The van der Waals surface area contributed by atoms with Crippen molar-refractivity contribution in [2.75, 3.05) is 0 Å². The van der Waals surface area contributed by atoms with Gasteiger partial charge < -0.3 is 0 Å². The van der Waals surface area contributed by atoms with E-state index in [1.165, 1.54) is 13.1 Å². The van der Waals surface area contributed by atoms with Crippen LogP contribution in [0.15, 0.2) is 115 Å². The molecule has 132 valence electrons. The predicted octanol–water partition coefficient (Wildman–Crippen LogP) is 4.08. The van der Waals surface area contributed by atoms with Gasteiger partial charge >= 0.3 is 163 Å². The maximum atomic E-state index is 14.7. The van der Waals surface area contributed by atoms with Crippen molar-refractivity contribution in [1.29, 1.82) is 0 Å². The Morgan fingerprint density at radius 1 is 0.481 bits per heavy atom. The summed E-state index contributed by atoms with van der Waals surface area (Å²) < 4.78 is 18.7. The number of rotatable bonds is 5. The first-order chi connectivity index (χ1) is 13.3. The van der Waals surface area contributed by atoms with Gasteiger partial charge in [0.15, 0.2) is 0 Å². The van der Waals surface area contributed by atoms with E-state index in [-0.39, 0.29) is 5.82 Å². The number of halogens is 1. The summed E-state index contributed by atoms with van der Waals surface area (Å²) in [4.78, 5) is 0. The average molecular weight is 415 g/mol. The standard InChI is InChI=1S/C25H21AsF/c27-25-19-11-10-12-21(25)20-26(22-13-4-1-5-14-22,23-15-6-2-7-16-23)24-17-8-3-9-18-24/h1-19H,20H2/q+1. The molecule has 0 aliphatic rings. The van der Waals surface area contributed by atoms with E-state index in [1.54, 1.807) is 12.1 Å². The summed E-state index contributed by atoms with van der Waals surface area (Å²) in [5.41, 5.74) is 0.793. The van der Waals surface area contributed by atoms with Crippen molar-refractivity contribution in [1.82, 2.24) is 0 Å². The van der Waals surface area contributed by atoms with Crippen LogP contribution >= 0.6 is 0 Å². The summed E-state index contributed by atoms with van der Waals surface area (Å²) in [6.45, 7) is 0. The quantitative estimate of drug-likeness (QED) is 0.431. The Balaban J connectivity index is 2.02. The van der Waals surface area contributed by atoms with Gasteiger partial charge in [0.2, 0.25) is 0 Å². The minimum atomic E-state index is -2.90. The molecule has 0 bridgehead atoms. The zero-order valence-electron chi connectivity index (χ0n) is 15.0. The summed E-state index contributed by atoms with van der Waals surface area (Å²) in [5, 5.41) is 0.725. The third kappa shape index (κ3) is 3.48. The van der Waals surface area contributed by atoms with Crippen LogP contribution in [-0.2, 0) is 5.21 Å². The Bertz CT molecular complexity index is 901. The fourth-order valence-corrected chi connectivity index (χ4v) is 12.6. The normalized spacial score (nSPS) is 11.3. The van der Waals surface area contributed by atoms with Gasteiger partial charge in [-0.1, -0.05) is 0 Å². The Kier molecular flexibility index (Phi) is 5.23. The summed E-state index contributed by atoms with van der Waals surface area (Å²) in [6.07, 6.45) is 0. The molecule has 0 radical (unpaired) electrons. The fraction of sp³-hybridized carbons (Fsp3) is 0.0400. The second kappa shape index (κ2) is 7.94. The molecule has 0 unspecified atom stereocenters. The van der Waals surface area contributed by atoms with Gasteiger partial charge in [-0.3, -0.25) is 0 Å². The molecule has 4 rings (SSSR count). The molecule has 0 aromatic heterocycles. The van der Waals surface area contributed by atoms with Gasteiger partial charge in [-0.05, 0) is 0 Å². The van der Waals surface area contributed by atoms with Gasteiger partial charge in [-0.25, -0.2) is 0 Å². The maximum absolute atomic E-state index is 14.7. The minimum absolute atomic E-state index is 0.119. The molecule has 0 N–H and O–H groups in total. The van der Waals surface area contributed by atoms with Crippen LogP contribution in [-0.4, -0.2) is 13.6 Å². The van der Waals surface area contributed by atoms with Crippen molar-refractivity contribution in [3.8, 4) is 0 Å². The van der Waals surface area contributed by atoms with Crippen molar-refractivity contribution >= 4 is 26.6 Å². The van der Waals surface area contributed by atoms with Crippen LogP contribution in [0.2, 0.25) is 0 Å². The Hall–Kier alpha value is -2.63. The van der Waals surface area contributed by atoms with Crippen LogP contribution in [0, 0.1) is 5.82 Å². The predicted molar refractivity (Wildman–Crippen MR) is 114 cm³/mol. The molecular weight excluding hydrogens is 394 g/mol. The topological polar surface area (TPSA) is 0 Å². The van der Waals surface area contributed by atoms with E-state index in [0.29, 0.717) is 0 Å². The van der Waals surface area contributed by atoms with Crippen LogP contribution in [0.25, 0.3) is 0 Å². The van der Waals surface area contributed by atoms with Crippen LogP contribution < -0.4 is 13.1 Å². The monoisotopic (exact) mass is 415 g/mol. The van der Waals surface area contributed by atoms with Crippen LogP contribution in [0.3, 0.4) is 0 Å². The van der Waals surface area contributed by atoms with Gasteiger partial charge in [0.05, 0.1) is 0 Å². The van der Waals surface area contributed by atoms with Crippen molar-refractivity contribution in [3.05, 3.63) is 127 Å². The Morgan fingerprint density at radius 2 is 0.852 bits per heavy atom.